The highest BCUT2D eigenvalue weighted by Crippen LogP contribution is 2.43. The molecule has 1 nitrogen and oxygen atoms in total. The van der Waals surface area contributed by atoms with Crippen LogP contribution >= 0.6 is 12.4 Å². The lowest BCUT2D eigenvalue weighted by Gasteiger charge is -2.24. The molecule has 1 fully saturated rings. The predicted molar refractivity (Wildman–Crippen MR) is 72.5 cm³/mol. The number of nitrogens with two attached hydrogens (primary N) is 1. The molecule has 1 saturated carbocycles. The summed E-state index contributed by atoms with van der Waals surface area (Å²) in [6.07, 6.45) is -7.55. The molecule has 1 aromatic carbocycles. The third kappa shape index (κ3) is 4.29. The molecule has 0 bridgehead atoms. The Hall–Kier alpha value is -1.02. The van der Waals surface area contributed by atoms with Crippen molar-refractivity contribution < 1.29 is 30.7 Å². The summed E-state index contributed by atoms with van der Waals surface area (Å²) in [5.74, 6) is -1.91. The summed E-state index contributed by atoms with van der Waals surface area (Å²) in [6, 6.07) is -1.24. The van der Waals surface area contributed by atoms with Crippen LogP contribution in [0.4, 0.5) is 30.7 Å². The first-order valence-electron chi connectivity index (χ1n) is 6.75. The molecule has 0 unspecified atom stereocenters. The molecular weight excluding hydrogens is 351 g/mol. The van der Waals surface area contributed by atoms with Crippen LogP contribution in [-0.2, 0) is 12.4 Å². The summed E-state index contributed by atoms with van der Waals surface area (Å²) < 4.78 is 91.0. The summed E-state index contributed by atoms with van der Waals surface area (Å²) in [6.45, 7) is 0. The maximum Gasteiger partial charge on any atom is 0.416 e. The number of alkyl halides is 6. The number of halogens is 8. The Labute approximate surface area is 134 Å². The van der Waals surface area contributed by atoms with Crippen molar-refractivity contribution in [2.75, 3.05) is 0 Å². The molecule has 0 amide bonds. The monoisotopic (exact) mass is 365 g/mol. The molecule has 1 aliphatic carbocycles. The van der Waals surface area contributed by atoms with E-state index >= 15 is 0 Å². The molecule has 0 saturated heterocycles. The number of rotatable bonds is 2. The van der Waals surface area contributed by atoms with Gasteiger partial charge in [-0.2, -0.15) is 26.3 Å². The van der Waals surface area contributed by atoms with Crippen LogP contribution < -0.4 is 5.73 Å². The van der Waals surface area contributed by atoms with E-state index in [0.29, 0.717) is 12.8 Å². The first-order valence-corrected chi connectivity index (χ1v) is 6.75. The second-order valence-electron chi connectivity index (χ2n) is 5.49. The molecule has 132 valence electrons. The minimum absolute atomic E-state index is 0. The lowest BCUT2D eigenvalue weighted by Crippen LogP contribution is -2.25. The number of hydrogen-bond donors (Lipinski definition) is 1. The molecule has 1 aromatic rings. The Morgan fingerprint density at radius 2 is 1.48 bits per heavy atom. The van der Waals surface area contributed by atoms with E-state index in [0.717, 1.165) is 12.8 Å². The first-order chi connectivity index (χ1) is 10.0. The maximum atomic E-state index is 14.0. The Kier molecular flexibility index (Phi) is 5.96. The zero-order valence-electron chi connectivity index (χ0n) is 11.8. The van der Waals surface area contributed by atoms with Gasteiger partial charge in [-0.15, -0.1) is 12.4 Å². The van der Waals surface area contributed by atoms with Gasteiger partial charge < -0.3 is 5.73 Å². The first kappa shape index (κ1) is 20.0. The van der Waals surface area contributed by atoms with Crippen LogP contribution in [0, 0.1) is 11.7 Å². The van der Waals surface area contributed by atoms with E-state index < -0.39 is 40.9 Å². The predicted octanol–water partition coefficient (Wildman–Crippen LogP) is 5.48. The normalized spacial score (nSPS) is 17.9. The highest BCUT2D eigenvalue weighted by Gasteiger charge is 2.42. The van der Waals surface area contributed by atoms with Crippen LogP contribution in [0.2, 0.25) is 0 Å². The van der Waals surface area contributed by atoms with Crippen LogP contribution in [0.25, 0.3) is 0 Å². The van der Waals surface area contributed by atoms with E-state index in [1.54, 1.807) is 0 Å². The maximum absolute atomic E-state index is 14.0. The highest BCUT2D eigenvalue weighted by atomic mass is 35.5. The second-order valence-corrected chi connectivity index (χ2v) is 5.49. The summed E-state index contributed by atoms with van der Waals surface area (Å²) in [7, 11) is 0. The molecule has 2 N–H and O–H groups in total. The van der Waals surface area contributed by atoms with Gasteiger partial charge in [0.1, 0.15) is 5.82 Å². The fourth-order valence-electron chi connectivity index (χ4n) is 2.91. The minimum atomic E-state index is -5.10. The average Bonchev–Trinajstić information content (AvgIpc) is 2.88. The van der Waals surface area contributed by atoms with Gasteiger partial charge >= 0.3 is 12.4 Å². The lowest BCUT2D eigenvalue weighted by atomic mass is 9.88. The van der Waals surface area contributed by atoms with Gasteiger partial charge in [-0.1, -0.05) is 12.8 Å². The molecule has 1 aliphatic rings. The van der Waals surface area contributed by atoms with Gasteiger partial charge in [0.25, 0.3) is 0 Å². The minimum Gasteiger partial charge on any atom is -0.324 e. The smallest absolute Gasteiger partial charge is 0.324 e. The van der Waals surface area contributed by atoms with Gasteiger partial charge in [0.05, 0.1) is 11.1 Å². The topological polar surface area (TPSA) is 26.0 Å². The number of benzene rings is 1. The van der Waals surface area contributed by atoms with Gasteiger partial charge in [0, 0.05) is 11.6 Å². The van der Waals surface area contributed by atoms with Gasteiger partial charge in [-0.3, -0.25) is 0 Å². The second kappa shape index (κ2) is 6.84. The summed E-state index contributed by atoms with van der Waals surface area (Å²) in [5, 5.41) is 0. The van der Waals surface area contributed by atoms with E-state index in [4.69, 9.17) is 5.73 Å². The van der Waals surface area contributed by atoms with E-state index in [2.05, 4.69) is 0 Å². The van der Waals surface area contributed by atoms with Crippen LogP contribution in [0.5, 0.6) is 0 Å². The zero-order valence-corrected chi connectivity index (χ0v) is 12.6. The van der Waals surface area contributed by atoms with Crippen LogP contribution in [0.3, 0.4) is 0 Å². The Morgan fingerprint density at radius 1 is 0.957 bits per heavy atom. The molecule has 0 aromatic heterocycles. The molecule has 0 radical (unpaired) electrons. The average molecular weight is 366 g/mol. The van der Waals surface area contributed by atoms with Gasteiger partial charge in [0.2, 0.25) is 0 Å². The van der Waals surface area contributed by atoms with E-state index in [1.807, 2.05) is 0 Å². The van der Waals surface area contributed by atoms with Gasteiger partial charge in [-0.25, -0.2) is 4.39 Å². The molecular formula is C14H15ClF7N. The van der Waals surface area contributed by atoms with Crippen molar-refractivity contribution in [3.05, 3.63) is 34.6 Å². The van der Waals surface area contributed by atoms with Crippen LogP contribution in [0.15, 0.2) is 12.1 Å². The Bertz CT molecular complexity index is 547. The fraction of sp³-hybridized carbons (Fsp3) is 0.571. The number of hydrogen-bond acceptors (Lipinski definition) is 1. The Morgan fingerprint density at radius 3 is 1.91 bits per heavy atom. The van der Waals surface area contributed by atoms with Crippen LogP contribution in [0.1, 0.15) is 48.4 Å². The molecule has 9 heteroatoms. The van der Waals surface area contributed by atoms with Crippen molar-refractivity contribution in [2.24, 2.45) is 11.7 Å². The standard InChI is InChI=1S/C14H14F7N.ClH/c15-10-6-8(13(16,17)18)5-9(14(19,20)21)11(10)12(22)7-3-1-2-4-7;/h5-7,12H,1-4,22H2;1H/t12-;/m0./s1. The van der Waals surface area contributed by atoms with Crippen molar-refractivity contribution in [1.82, 2.24) is 0 Å². The molecule has 23 heavy (non-hydrogen) atoms. The van der Waals surface area contributed by atoms with Crippen molar-refractivity contribution in [3.63, 3.8) is 0 Å². The van der Waals surface area contributed by atoms with Crippen molar-refractivity contribution in [3.8, 4) is 0 Å². The largest absolute Gasteiger partial charge is 0.416 e. The summed E-state index contributed by atoms with van der Waals surface area (Å²) >= 11 is 0. The van der Waals surface area contributed by atoms with Crippen molar-refractivity contribution in [1.29, 1.82) is 0 Å². The molecule has 0 aliphatic heterocycles. The molecule has 0 heterocycles. The fourth-order valence-corrected chi connectivity index (χ4v) is 2.91. The molecule has 0 spiro atoms. The third-order valence-electron chi connectivity index (χ3n) is 4.00. The van der Waals surface area contributed by atoms with E-state index in [1.165, 1.54) is 0 Å². The van der Waals surface area contributed by atoms with Crippen molar-refractivity contribution in [2.45, 2.75) is 44.1 Å². The molecule has 2 rings (SSSR count). The quantitative estimate of drug-likeness (QED) is 0.690. The van der Waals surface area contributed by atoms with E-state index in [9.17, 15) is 30.7 Å². The van der Waals surface area contributed by atoms with Crippen LogP contribution in [-0.4, -0.2) is 0 Å². The third-order valence-corrected chi connectivity index (χ3v) is 4.00. The molecule has 1 atom stereocenters. The Balaban J connectivity index is 0.00000264. The summed E-state index contributed by atoms with van der Waals surface area (Å²) in [5.41, 5.74) is 1.56. The van der Waals surface area contributed by atoms with Crippen molar-refractivity contribution >= 4 is 12.4 Å². The van der Waals surface area contributed by atoms with Gasteiger partial charge in [-0.05, 0) is 30.9 Å². The highest BCUT2D eigenvalue weighted by molar-refractivity contribution is 5.85. The zero-order chi connectivity index (χ0) is 16.7. The lowest BCUT2D eigenvalue weighted by molar-refractivity contribution is -0.144. The summed E-state index contributed by atoms with van der Waals surface area (Å²) in [4.78, 5) is 0. The van der Waals surface area contributed by atoms with Gasteiger partial charge in [0.15, 0.2) is 0 Å². The SMILES string of the molecule is Cl.N[C@H](c1c(F)cc(C(F)(F)F)cc1C(F)(F)F)C1CCCC1. The van der Waals surface area contributed by atoms with E-state index in [-0.39, 0.29) is 30.5 Å².